The van der Waals surface area contributed by atoms with Gasteiger partial charge in [0.25, 0.3) is 0 Å². The third-order valence-electron chi connectivity index (χ3n) is 3.74. The molecule has 1 saturated heterocycles. The number of hydrogen-bond donors (Lipinski definition) is 1. The van der Waals surface area contributed by atoms with Gasteiger partial charge in [0.15, 0.2) is 0 Å². The molecule has 0 aliphatic carbocycles. The van der Waals surface area contributed by atoms with E-state index in [0.717, 1.165) is 25.5 Å². The van der Waals surface area contributed by atoms with Crippen LogP contribution in [0.25, 0.3) is 0 Å². The van der Waals surface area contributed by atoms with Crippen molar-refractivity contribution in [2.24, 2.45) is 0 Å². The fraction of sp³-hybridized carbons (Fsp3) is 0.538. The summed E-state index contributed by atoms with van der Waals surface area (Å²) < 4.78 is 13.5. The van der Waals surface area contributed by atoms with Gasteiger partial charge in [0.2, 0.25) is 5.82 Å². The van der Waals surface area contributed by atoms with E-state index in [1.165, 1.54) is 6.07 Å². The average molecular weight is 267 g/mol. The minimum Gasteiger partial charge on any atom is -0.377 e. The normalized spacial score (nSPS) is 24.2. The molecule has 5 nitrogen and oxygen atoms in total. The first-order valence-corrected chi connectivity index (χ1v) is 6.38. The van der Waals surface area contributed by atoms with E-state index in [0.29, 0.717) is 6.04 Å². The van der Waals surface area contributed by atoms with Crippen molar-refractivity contribution in [2.45, 2.75) is 31.8 Å². The molecule has 0 radical (unpaired) electrons. The summed E-state index contributed by atoms with van der Waals surface area (Å²) in [6, 6.07) is 4.72. The summed E-state index contributed by atoms with van der Waals surface area (Å²) in [5.41, 5.74) is -0.194. The van der Waals surface area contributed by atoms with Crippen molar-refractivity contribution in [1.82, 2.24) is 4.90 Å². The van der Waals surface area contributed by atoms with Crippen LogP contribution in [0, 0.1) is 15.9 Å². The summed E-state index contributed by atoms with van der Waals surface area (Å²) in [6.07, 6.45) is 1.79. The number of nitrogens with zero attached hydrogens (tertiary/aromatic N) is 2. The Balaban J connectivity index is 2.15. The van der Waals surface area contributed by atoms with Gasteiger partial charge in [-0.15, -0.1) is 0 Å². The van der Waals surface area contributed by atoms with Gasteiger partial charge in [-0.1, -0.05) is 6.07 Å². The van der Waals surface area contributed by atoms with Crippen molar-refractivity contribution in [2.75, 3.05) is 18.9 Å². The molecule has 19 heavy (non-hydrogen) atoms. The highest BCUT2D eigenvalue weighted by Gasteiger charge is 2.26. The average Bonchev–Trinajstić information content (AvgIpc) is 2.33. The summed E-state index contributed by atoms with van der Waals surface area (Å²) in [7, 11) is 2.06. The van der Waals surface area contributed by atoms with Crippen molar-refractivity contribution in [3.05, 3.63) is 34.1 Å². The summed E-state index contributed by atoms with van der Waals surface area (Å²) in [6.45, 7) is 3.05. The molecule has 1 aliphatic heterocycles. The summed E-state index contributed by atoms with van der Waals surface area (Å²) >= 11 is 0. The number of likely N-dealkylation sites (tertiary alicyclic amines) is 1. The van der Waals surface area contributed by atoms with Gasteiger partial charge in [-0.2, -0.15) is 4.39 Å². The van der Waals surface area contributed by atoms with Crippen LogP contribution in [-0.4, -0.2) is 35.5 Å². The zero-order valence-corrected chi connectivity index (χ0v) is 11.1. The first kappa shape index (κ1) is 13.7. The van der Waals surface area contributed by atoms with Crippen LogP contribution in [-0.2, 0) is 0 Å². The first-order valence-electron chi connectivity index (χ1n) is 6.38. The number of piperidine rings is 1. The maximum absolute atomic E-state index is 13.5. The zero-order valence-electron chi connectivity index (χ0n) is 11.1. The minimum atomic E-state index is -0.795. The molecule has 0 spiro atoms. The molecule has 1 aliphatic rings. The molecule has 0 bridgehead atoms. The van der Waals surface area contributed by atoms with E-state index >= 15 is 0 Å². The fourth-order valence-electron chi connectivity index (χ4n) is 2.46. The van der Waals surface area contributed by atoms with Gasteiger partial charge in [0, 0.05) is 18.6 Å². The van der Waals surface area contributed by atoms with Crippen LogP contribution in [0.2, 0.25) is 0 Å². The number of nitrogens with one attached hydrogen (secondary N) is 1. The lowest BCUT2D eigenvalue weighted by Crippen LogP contribution is -2.42. The Morgan fingerprint density at radius 2 is 2.26 bits per heavy atom. The summed E-state index contributed by atoms with van der Waals surface area (Å²) in [4.78, 5) is 12.5. The van der Waals surface area contributed by atoms with Crippen molar-refractivity contribution in [1.29, 1.82) is 0 Å². The highest BCUT2D eigenvalue weighted by molar-refractivity contribution is 5.62. The van der Waals surface area contributed by atoms with Crippen LogP contribution in [0.15, 0.2) is 18.2 Å². The van der Waals surface area contributed by atoms with E-state index in [1.54, 1.807) is 6.07 Å². The topological polar surface area (TPSA) is 58.4 Å². The fourth-order valence-corrected chi connectivity index (χ4v) is 2.46. The first-order chi connectivity index (χ1) is 8.99. The molecule has 1 heterocycles. The van der Waals surface area contributed by atoms with E-state index in [4.69, 9.17) is 0 Å². The van der Waals surface area contributed by atoms with Crippen LogP contribution >= 0.6 is 0 Å². The van der Waals surface area contributed by atoms with Crippen LogP contribution < -0.4 is 5.32 Å². The van der Waals surface area contributed by atoms with Gasteiger partial charge in [-0.25, -0.2) is 0 Å². The number of benzene rings is 1. The van der Waals surface area contributed by atoms with Crippen molar-refractivity contribution >= 4 is 11.4 Å². The van der Waals surface area contributed by atoms with Gasteiger partial charge in [0.1, 0.15) is 5.69 Å². The van der Waals surface area contributed by atoms with Crippen LogP contribution in [0.4, 0.5) is 15.8 Å². The standard InChI is InChI=1S/C13H18FN3O2/c1-9-8-10(6-7-16(9)2)15-12-5-3-4-11(14)13(12)17(18)19/h3-5,9-10,15H,6-8H2,1-2H3. The third kappa shape index (κ3) is 3.01. The predicted molar refractivity (Wildman–Crippen MR) is 71.8 cm³/mol. The zero-order chi connectivity index (χ0) is 14.0. The summed E-state index contributed by atoms with van der Waals surface area (Å²) in [5.74, 6) is -0.795. The lowest BCUT2D eigenvalue weighted by atomic mass is 9.98. The molecule has 1 fully saturated rings. The number of para-hydroxylation sites is 1. The smallest absolute Gasteiger partial charge is 0.327 e. The highest BCUT2D eigenvalue weighted by atomic mass is 19.1. The maximum Gasteiger partial charge on any atom is 0.327 e. The molecule has 0 saturated carbocycles. The number of nitro benzene ring substituents is 1. The molecule has 1 N–H and O–H groups in total. The molecule has 6 heteroatoms. The molecular formula is C13H18FN3O2. The second kappa shape index (κ2) is 5.52. The Labute approximate surface area is 111 Å². The molecule has 2 atom stereocenters. The molecule has 2 unspecified atom stereocenters. The Hall–Kier alpha value is -1.69. The molecule has 2 rings (SSSR count). The van der Waals surface area contributed by atoms with E-state index in [1.807, 2.05) is 0 Å². The molecule has 104 valence electrons. The maximum atomic E-state index is 13.5. The molecule has 0 amide bonds. The largest absolute Gasteiger partial charge is 0.377 e. The Bertz CT molecular complexity index is 481. The Morgan fingerprint density at radius 1 is 1.53 bits per heavy atom. The number of rotatable bonds is 3. The second-order valence-corrected chi connectivity index (χ2v) is 5.09. The number of anilines is 1. The number of halogens is 1. The second-order valence-electron chi connectivity index (χ2n) is 5.09. The van der Waals surface area contributed by atoms with E-state index in [9.17, 15) is 14.5 Å². The lowest BCUT2D eigenvalue weighted by molar-refractivity contribution is -0.386. The number of hydrogen-bond acceptors (Lipinski definition) is 4. The molecular weight excluding hydrogens is 249 g/mol. The van der Waals surface area contributed by atoms with Gasteiger partial charge in [-0.05, 0) is 38.9 Å². The molecule has 1 aromatic rings. The minimum absolute atomic E-state index is 0.145. The van der Waals surface area contributed by atoms with Crippen molar-refractivity contribution in [3.8, 4) is 0 Å². The van der Waals surface area contributed by atoms with Crippen LogP contribution in [0.1, 0.15) is 19.8 Å². The van der Waals surface area contributed by atoms with E-state index in [-0.39, 0.29) is 11.7 Å². The van der Waals surface area contributed by atoms with Crippen molar-refractivity contribution in [3.63, 3.8) is 0 Å². The van der Waals surface area contributed by atoms with Gasteiger partial charge in [0.05, 0.1) is 4.92 Å². The lowest BCUT2D eigenvalue weighted by Gasteiger charge is -2.35. The SMILES string of the molecule is CC1CC(Nc2cccc(F)c2[N+](=O)[O-])CCN1C. The summed E-state index contributed by atoms with van der Waals surface area (Å²) in [5, 5.41) is 14.0. The quantitative estimate of drug-likeness (QED) is 0.675. The van der Waals surface area contributed by atoms with Gasteiger partial charge in [-0.3, -0.25) is 10.1 Å². The van der Waals surface area contributed by atoms with Crippen molar-refractivity contribution < 1.29 is 9.31 Å². The number of nitro groups is 1. The van der Waals surface area contributed by atoms with Gasteiger partial charge < -0.3 is 10.2 Å². The Morgan fingerprint density at radius 3 is 2.89 bits per heavy atom. The van der Waals surface area contributed by atoms with E-state index < -0.39 is 16.4 Å². The Kier molecular flexibility index (Phi) is 3.99. The van der Waals surface area contributed by atoms with Crippen LogP contribution in [0.5, 0.6) is 0 Å². The van der Waals surface area contributed by atoms with Crippen LogP contribution in [0.3, 0.4) is 0 Å². The highest BCUT2D eigenvalue weighted by Crippen LogP contribution is 2.29. The predicted octanol–water partition coefficient (Wildman–Crippen LogP) is 2.63. The van der Waals surface area contributed by atoms with E-state index in [2.05, 4.69) is 24.2 Å². The third-order valence-corrected chi connectivity index (χ3v) is 3.74. The van der Waals surface area contributed by atoms with Gasteiger partial charge >= 0.3 is 5.69 Å². The molecule has 0 aromatic heterocycles. The molecule has 1 aromatic carbocycles. The monoisotopic (exact) mass is 267 g/mol.